The highest BCUT2D eigenvalue weighted by molar-refractivity contribution is 5.70. The summed E-state index contributed by atoms with van der Waals surface area (Å²) in [6.07, 6.45) is 0. The number of nitrogens with zero attached hydrogens (tertiary/aromatic N) is 3. The van der Waals surface area contributed by atoms with Crippen molar-refractivity contribution in [2.24, 2.45) is 0 Å². The minimum Gasteiger partial charge on any atom is -0.208 e. The van der Waals surface area contributed by atoms with Crippen molar-refractivity contribution in [3.63, 3.8) is 0 Å². The van der Waals surface area contributed by atoms with Gasteiger partial charge in [-0.15, -0.1) is 0 Å². The molecule has 0 aliphatic heterocycles. The number of hydrogen-bond acceptors (Lipinski definition) is 3. The summed E-state index contributed by atoms with van der Waals surface area (Å²) in [7, 11) is 0. The van der Waals surface area contributed by atoms with Crippen molar-refractivity contribution in [3.8, 4) is 45.3 Å². The van der Waals surface area contributed by atoms with Gasteiger partial charge in [0.15, 0.2) is 17.5 Å². The van der Waals surface area contributed by atoms with Crippen molar-refractivity contribution in [1.82, 2.24) is 15.0 Å². The van der Waals surface area contributed by atoms with Crippen LogP contribution in [0.25, 0.3) is 45.3 Å². The van der Waals surface area contributed by atoms with Crippen LogP contribution in [-0.4, -0.2) is 15.0 Å². The van der Waals surface area contributed by atoms with E-state index in [0.29, 0.717) is 17.5 Å². The molecule has 34 heavy (non-hydrogen) atoms. The third-order valence-corrected chi connectivity index (χ3v) is 5.90. The van der Waals surface area contributed by atoms with Crippen molar-refractivity contribution < 1.29 is 0 Å². The fraction of sp³-hybridized carbons (Fsp3) is 0.129. The van der Waals surface area contributed by atoms with E-state index in [-0.39, 0.29) is 5.41 Å². The quantitative estimate of drug-likeness (QED) is 0.285. The molecule has 3 nitrogen and oxygen atoms in total. The van der Waals surface area contributed by atoms with E-state index in [0.717, 1.165) is 16.7 Å². The molecule has 3 heteroatoms. The van der Waals surface area contributed by atoms with E-state index in [9.17, 15) is 0 Å². The van der Waals surface area contributed by atoms with Gasteiger partial charge in [0.25, 0.3) is 0 Å². The minimum atomic E-state index is 0.0431. The second-order valence-electron chi connectivity index (χ2n) is 9.45. The molecule has 1 heterocycles. The SMILES string of the molecule is CC(C)(C)c1cccc(-c2nc(-c3ccccc3)nc(-c3ccc(-c4ccccc4)cc3)n2)c1. The van der Waals surface area contributed by atoms with Gasteiger partial charge in [-0.1, -0.05) is 124 Å². The van der Waals surface area contributed by atoms with E-state index >= 15 is 0 Å². The lowest BCUT2D eigenvalue weighted by molar-refractivity contribution is 0.590. The Labute approximate surface area is 201 Å². The first-order valence-corrected chi connectivity index (χ1v) is 11.6. The Morgan fingerprint density at radius 1 is 0.412 bits per heavy atom. The molecule has 0 aliphatic carbocycles. The highest BCUT2D eigenvalue weighted by atomic mass is 15.0. The lowest BCUT2D eigenvalue weighted by Crippen LogP contribution is -2.11. The summed E-state index contributed by atoms with van der Waals surface area (Å²) in [5.41, 5.74) is 6.58. The van der Waals surface area contributed by atoms with Gasteiger partial charge >= 0.3 is 0 Å². The van der Waals surface area contributed by atoms with E-state index in [2.05, 4.69) is 93.6 Å². The first kappa shape index (κ1) is 21.7. The predicted octanol–water partition coefficient (Wildman–Crippen LogP) is 7.84. The Morgan fingerprint density at radius 2 is 0.824 bits per heavy atom. The van der Waals surface area contributed by atoms with Crippen LogP contribution in [0, 0.1) is 0 Å². The molecular weight excluding hydrogens is 414 g/mol. The summed E-state index contributed by atoms with van der Waals surface area (Å²) in [6.45, 7) is 6.65. The third kappa shape index (κ3) is 4.65. The topological polar surface area (TPSA) is 38.7 Å². The zero-order valence-electron chi connectivity index (χ0n) is 19.7. The molecule has 0 N–H and O–H groups in total. The first-order chi connectivity index (χ1) is 16.5. The number of hydrogen-bond donors (Lipinski definition) is 0. The molecule has 5 aromatic rings. The standard InChI is InChI=1S/C31H27N3/c1-31(2,3)27-16-10-15-26(21-27)30-33-28(24-13-8-5-9-14-24)32-29(34-30)25-19-17-23(18-20-25)22-11-6-4-7-12-22/h4-21H,1-3H3. The maximum Gasteiger partial charge on any atom is 0.164 e. The molecule has 0 aliphatic rings. The maximum atomic E-state index is 4.90. The zero-order chi connectivity index (χ0) is 23.5. The molecule has 0 spiro atoms. The Hall–Kier alpha value is -4.11. The molecule has 0 radical (unpaired) electrons. The molecule has 0 atom stereocenters. The molecular formula is C31H27N3. The van der Waals surface area contributed by atoms with Crippen molar-refractivity contribution in [2.75, 3.05) is 0 Å². The average molecular weight is 442 g/mol. The highest BCUT2D eigenvalue weighted by Gasteiger charge is 2.17. The average Bonchev–Trinajstić information content (AvgIpc) is 2.89. The molecule has 0 fully saturated rings. The summed E-state index contributed by atoms with van der Waals surface area (Å²) in [5, 5.41) is 0. The second kappa shape index (κ2) is 9.03. The highest BCUT2D eigenvalue weighted by Crippen LogP contribution is 2.29. The molecule has 0 saturated heterocycles. The zero-order valence-corrected chi connectivity index (χ0v) is 19.7. The fourth-order valence-corrected chi connectivity index (χ4v) is 3.92. The van der Waals surface area contributed by atoms with Gasteiger partial charge in [0.05, 0.1) is 0 Å². The molecule has 0 bridgehead atoms. The van der Waals surface area contributed by atoms with Crippen LogP contribution in [0.5, 0.6) is 0 Å². The van der Waals surface area contributed by atoms with Crippen LogP contribution in [0.3, 0.4) is 0 Å². The van der Waals surface area contributed by atoms with E-state index in [1.165, 1.54) is 16.7 Å². The maximum absolute atomic E-state index is 4.90. The molecule has 0 amide bonds. The molecule has 0 saturated carbocycles. The van der Waals surface area contributed by atoms with Gasteiger partial charge in [-0.2, -0.15) is 0 Å². The molecule has 1 aromatic heterocycles. The summed E-state index contributed by atoms with van der Waals surface area (Å²) < 4.78 is 0. The second-order valence-corrected chi connectivity index (χ2v) is 9.45. The lowest BCUT2D eigenvalue weighted by Gasteiger charge is -2.19. The summed E-state index contributed by atoms with van der Waals surface area (Å²) >= 11 is 0. The van der Waals surface area contributed by atoms with Crippen molar-refractivity contribution >= 4 is 0 Å². The number of benzene rings is 4. The smallest absolute Gasteiger partial charge is 0.164 e. The van der Waals surface area contributed by atoms with E-state index < -0.39 is 0 Å². The van der Waals surface area contributed by atoms with Gasteiger partial charge in [-0.3, -0.25) is 0 Å². The Morgan fingerprint density at radius 3 is 1.38 bits per heavy atom. The number of rotatable bonds is 4. The Kier molecular flexibility index (Phi) is 5.77. The van der Waals surface area contributed by atoms with Gasteiger partial charge in [0.2, 0.25) is 0 Å². The Balaban J connectivity index is 1.62. The van der Waals surface area contributed by atoms with E-state index in [1.807, 2.05) is 36.4 Å². The third-order valence-electron chi connectivity index (χ3n) is 5.90. The Bertz CT molecular complexity index is 1400. The van der Waals surface area contributed by atoms with Gasteiger partial charge in [0.1, 0.15) is 0 Å². The van der Waals surface area contributed by atoms with Crippen LogP contribution >= 0.6 is 0 Å². The summed E-state index contributed by atoms with van der Waals surface area (Å²) in [5.74, 6) is 2.03. The lowest BCUT2D eigenvalue weighted by atomic mass is 9.86. The van der Waals surface area contributed by atoms with Crippen molar-refractivity contribution in [3.05, 3.63) is 115 Å². The van der Waals surface area contributed by atoms with Crippen LogP contribution in [0.2, 0.25) is 0 Å². The van der Waals surface area contributed by atoms with Crippen LogP contribution in [0.1, 0.15) is 26.3 Å². The molecule has 5 rings (SSSR count). The fourth-order valence-electron chi connectivity index (χ4n) is 3.92. The van der Waals surface area contributed by atoms with Gasteiger partial charge in [0, 0.05) is 16.7 Å². The van der Waals surface area contributed by atoms with Crippen LogP contribution in [-0.2, 0) is 5.41 Å². The van der Waals surface area contributed by atoms with E-state index in [1.54, 1.807) is 0 Å². The van der Waals surface area contributed by atoms with Gasteiger partial charge < -0.3 is 0 Å². The molecule has 0 unspecified atom stereocenters. The monoisotopic (exact) mass is 441 g/mol. The molecule has 4 aromatic carbocycles. The normalized spacial score (nSPS) is 11.4. The predicted molar refractivity (Wildman–Crippen MR) is 140 cm³/mol. The first-order valence-electron chi connectivity index (χ1n) is 11.6. The van der Waals surface area contributed by atoms with Crippen LogP contribution in [0.4, 0.5) is 0 Å². The van der Waals surface area contributed by atoms with Crippen molar-refractivity contribution in [1.29, 1.82) is 0 Å². The summed E-state index contributed by atoms with van der Waals surface area (Å²) in [6, 6.07) is 37.4. The van der Waals surface area contributed by atoms with Gasteiger partial charge in [-0.25, -0.2) is 15.0 Å². The number of aromatic nitrogens is 3. The minimum absolute atomic E-state index is 0.0431. The molecule has 166 valence electrons. The summed E-state index contributed by atoms with van der Waals surface area (Å²) in [4.78, 5) is 14.6. The van der Waals surface area contributed by atoms with Gasteiger partial charge in [-0.05, 0) is 28.2 Å². The van der Waals surface area contributed by atoms with Crippen LogP contribution < -0.4 is 0 Å². The van der Waals surface area contributed by atoms with Crippen molar-refractivity contribution in [2.45, 2.75) is 26.2 Å². The van der Waals surface area contributed by atoms with E-state index in [4.69, 9.17) is 15.0 Å². The van der Waals surface area contributed by atoms with Crippen LogP contribution in [0.15, 0.2) is 109 Å². The largest absolute Gasteiger partial charge is 0.208 e.